The maximum absolute atomic E-state index is 12.8. The van der Waals surface area contributed by atoms with Crippen LogP contribution in [0.3, 0.4) is 0 Å². The van der Waals surface area contributed by atoms with E-state index in [1.807, 2.05) is 73.9 Å². The number of hydrogen-bond donors (Lipinski definition) is 2. The van der Waals surface area contributed by atoms with Crippen LogP contribution in [-0.2, 0) is 12.6 Å². The standard InChI is InChI=1S/C27H22Cl2N4O/c1-30-27(25-15-31-16-32-25,18-6-9-20(28)10-7-18)19-8-11-24-23(13-19)22(14-26(34)33(24)2)17-4-3-5-21(29)12-17/h3-16,30H,1-2H3,(H,31,32)/t27-/m1/s1. The van der Waals surface area contributed by atoms with Crippen molar-refractivity contribution in [2.75, 3.05) is 7.05 Å². The fraction of sp³-hybridized carbons (Fsp3) is 0.111. The van der Waals surface area contributed by atoms with E-state index in [9.17, 15) is 4.79 Å². The maximum atomic E-state index is 12.8. The average molecular weight is 489 g/mol. The molecule has 0 aliphatic carbocycles. The molecule has 2 aromatic heterocycles. The van der Waals surface area contributed by atoms with Crippen LogP contribution in [0.4, 0.5) is 0 Å². The summed E-state index contributed by atoms with van der Waals surface area (Å²) in [6.45, 7) is 0. The van der Waals surface area contributed by atoms with Crippen LogP contribution in [0.15, 0.2) is 90.1 Å². The highest BCUT2D eigenvalue weighted by atomic mass is 35.5. The Morgan fingerprint density at radius 1 is 0.941 bits per heavy atom. The molecule has 2 heterocycles. The molecule has 5 rings (SSSR count). The normalized spacial score (nSPS) is 13.2. The number of nitrogens with one attached hydrogen (secondary N) is 2. The van der Waals surface area contributed by atoms with E-state index < -0.39 is 5.54 Å². The summed E-state index contributed by atoms with van der Waals surface area (Å²) in [7, 11) is 3.70. The molecule has 2 N–H and O–H groups in total. The van der Waals surface area contributed by atoms with Gasteiger partial charge in [-0.2, -0.15) is 0 Å². The smallest absolute Gasteiger partial charge is 0.251 e. The SMILES string of the molecule is CN[C@](c1ccc(Cl)cc1)(c1ccc2c(c1)c(-c1cccc(Cl)c1)cc(=O)n2C)c1cnc[nH]1. The Hall–Kier alpha value is -3.38. The van der Waals surface area contributed by atoms with E-state index in [1.165, 1.54) is 0 Å². The predicted molar refractivity (Wildman–Crippen MR) is 139 cm³/mol. The summed E-state index contributed by atoms with van der Waals surface area (Å²) in [5.74, 6) is 0. The lowest BCUT2D eigenvalue weighted by atomic mass is 9.79. The molecule has 7 heteroatoms. The quantitative estimate of drug-likeness (QED) is 0.331. The van der Waals surface area contributed by atoms with Crippen molar-refractivity contribution in [2.45, 2.75) is 5.54 Å². The summed E-state index contributed by atoms with van der Waals surface area (Å²) in [5.41, 5.74) is 4.59. The number of aryl methyl sites for hydroxylation is 1. The van der Waals surface area contributed by atoms with E-state index in [0.29, 0.717) is 10.0 Å². The van der Waals surface area contributed by atoms with E-state index >= 15 is 0 Å². The first-order valence-electron chi connectivity index (χ1n) is 10.8. The molecule has 5 nitrogen and oxygen atoms in total. The number of hydrogen-bond acceptors (Lipinski definition) is 3. The Balaban J connectivity index is 1.85. The largest absolute Gasteiger partial charge is 0.346 e. The van der Waals surface area contributed by atoms with Crippen LogP contribution in [0.2, 0.25) is 10.0 Å². The Morgan fingerprint density at radius 2 is 1.71 bits per heavy atom. The Morgan fingerprint density at radius 3 is 2.38 bits per heavy atom. The van der Waals surface area contributed by atoms with Gasteiger partial charge in [0.15, 0.2) is 0 Å². The average Bonchev–Trinajstić information content (AvgIpc) is 3.38. The number of aromatic nitrogens is 3. The lowest BCUT2D eigenvalue weighted by Gasteiger charge is -2.34. The number of aromatic amines is 1. The highest BCUT2D eigenvalue weighted by molar-refractivity contribution is 6.31. The number of nitrogens with zero attached hydrogens (tertiary/aromatic N) is 2. The molecule has 0 saturated carbocycles. The number of rotatable bonds is 5. The van der Waals surface area contributed by atoms with Crippen molar-refractivity contribution in [2.24, 2.45) is 7.05 Å². The summed E-state index contributed by atoms with van der Waals surface area (Å²) >= 11 is 12.5. The summed E-state index contributed by atoms with van der Waals surface area (Å²) in [6.07, 6.45) is 3.48. The topological polar surface area (TPSA) is 62.7 Å². The molecule has 0 radical (unpaired) electrons. The maximum Gasteiger partial charge on any atom is 0.251 e. The molecule has 0 fully saturated rings. The lowest BCUT2D eigenvalue weighted by Crippen LogP contribution is -2.42. The van der Waals surface area contributed by atoms with Gasteiger partial charge in [0.2, 0.25) is 0 Å². The predicted octanol–water partition coefficient (Wildman–Crippen LogP) is 5.75. The number of imidazole rings is 1. The van der Waals surface area contributed by atoms with Crippen molar-refractivity contribution in [1.29, 1.82) is 0 Å². The van der Waals surface area contributed by atoms with E-state index in [2.05, 4.69) is 21.4 Å². The fourth-order valence-corrected chi connectivity index (χ4v) is 4.97. The van der Waals surface area contributed by atoms with E-state index in [4.69, 9.17) is 23.2 Å². The van der Waals surface area contributed by atoms with Crippen molar-refractivity contribution in [3.63, 3.8) is 0 Å². The van der Waals surface area contributed by atoms with Gasteiger partial charge in [0.25, 0.3) is 5.56 Å². The van der Waals surface area contributed by atoms with E-state index in [0.717, 1.165) is 38.9 Å². The van der Waals surface area contributed by atoms with Gasteiger partial charge in [0, 0.05) is 28.5 Å². The van der Waals surface area contributed by atoms with Gasteiger partial charge in [-0.1, -0.05) is 53.5 Å². The van der Waals surface area contributed by atoms with Gasteiger partial charge in [-0.3, -0.25) is 4.79 Å². The van der Waals surface area contributed by atoms with Crippen molar-refractivity contribution in [1.82, 2.24) is 19.9 Å². The monoisotopic (exact) mass is 488 g/mol. The second-order valence-corrected chi connectivity index (χ2v) is 9.04. The van der Waals surface area contributed by atoms with Gasteiger partial charge < -0.3 is 14.9 Å². The Labute approximate surface area is 207 Å². The van der Waals surface area contributed by atoms with Gasteiger partial charge in [-0.25, -0.2) is 4.98 Å². The lowest BCUT2D eigenvalue weighted by molar-refractivity contribution is 0.513. The third-order valence-corrected chi connectivity index (χ3v) is 6.86. The molecule has 0 unspecified atom stereocenters. The second kappa shape index (κ2) is 8.76. The molecule has 0 spiro atoms. The minimum Gasteiger partial charge on any atom is -0.346 e. The first-order valence-corrected chi connectivity index (χ1v) is 11.5. The zero-order chi connectivity index (χ0) is 23.9. The molecular weight excluding hydrogens is 467 g/mol. The van der Waals surface area contributed by atoms with Crippen LogP contribution in [0.1, 0.15) is 16.8 Å². The molecule has 5 aromatic rings. The van der Waals surface area contributed by atoms with Crippen LogP contribution in [0, 0.1) is 0 Å². The number of benzene rings is 3. The van der Waals surface area contributed by atoms with Gasteiger partial charge in [-0.15, -0.1) is 0 Å². The Kier molecular flexibility index (Phi) is 5.78. The second-order valence-electron chi connectivity index (χ2n) is 8.17. The number of halogens is 2. The van der Waals surface area contributed by atoms with Crippen LogP contribution in [-0.4, -0.2) is 21.6 Å². The highest BCUT2D eigenvalue weighted by Crippen LogP contribution is 2.38. The summed E-state index contributed by atoms with van der Waals surface area (Å²) < 4.78 is 1.66. The van der Waals surface area contributed by atoms with Crippen molar-refractivity contribution in [3.8, 4) is 11.1 Å². The van der Waals surface area contributed by atoms with Gasteiger partial charge in [0.1, 0.15) is 5.54 Å². The third kappa shape index (κ3) is 3.62. The minimum atomic E-state index is -0.727. The van der Waals surface area contributed by atoms with Crippen LogP contribution < -0.4 is 10.9 Å². The zero-order valence-corrected chi connectivity index (χ0v) is 20.2. The molecule has 0 amide bonds. The van der Waals surface area contributed by atoms with Crippen molar-refractivity contribution >= 4 is 34.1 Å². The first kappa shape index (κ1) is 22.4. The molecular formula is C27H22Cl2N4O. The minimum absolute atomic E-state index is 0.0821. The van der Waals surface area contributed by atoms with Gasteiger partial charge in [-0.05, 0) is 65.7 Å². The molecule has 0 bridgehead atoms. The molecule has 0 saturated heterocycles. The van der Waals surface area contributed by atoms with Crippen LogP contribution >= 0.6 is 23.2 Å². The molecule has 34 heavy (non-hydrogen) atoms. The zero-order valence-electron chi connectivity index (χ0n) is 18.6. The van der Waals surface area contributed by atoms with Gasteiger partial charge >= 0.3 is 0 Å². The molecule has 0 aliphatic heterocycles. The summed E-state index contributed by atoms with van der Waals surface area (Å²) in [4.78, 5) is 20.4. The van der Waals surface area contributed by atoms with Crippen LogP contribution in [0.5, 0.6) is 0 Å². The molecule has 3 aromatic carbocycles. The summed E-state index contributed by atoms with van der Waals surface area (Å²) in [6, 6.07) is 23.1. The number of pyridine rings is 1. The van der Waals surface area contributed by atoms with Crippen molar-refractivity contribution < 1.29 is 0 Å². The van der Waals surface area contributed by atoms with Gasteiger partial charge in [0.05, 0.1) is 23.7 Å². The highest BCUT2D eigenvalue weighted by Gasteiger charge is 2.36. The van der Waals surface area contributed by atoms with E-state index in [-0.39, 0.29) is 5.56 Å². The number of H-pyrrole nitrogens is 1. The van der Waals surface area contributed by atoms with E-state index in [1.54, 1.807) is 24.0 Å². The molecule has 1 atom stereocenters. The molecule has 170 valence electrons. The number of fused-ring (bicyclic) bond motifs is 1. The van der Waals surface area contributed by atoms with Crippen molar-refractivity contribution in [3.05, 3.63) is 123 Å². The Bertz CT molecular complexity index is 1540. The third-order valence-electron chi connectivity index (χ3n) is 6.37. The first-order chi connectivity index (χ1) is 16.4. The molecule has 0 aliphatic rings. The summed E-state index contributed by atoms with van der Waals surface area (Å²) in [5, 5.41) is 5.74. The fourth-order valence-electron chi connectivity index (χ4n) is 4.65. The van der Waals surface area contributed by atoms with Crippen LogP contribution in [0.25, 0.3) is 22.0 Å².